The van der Waals surface area contributed by atoms with Gasteiger partial charge in [0.05, 0.1) is 6.61 Å². The molecule has 0 bridgehead atoms. The third-order valence-electron chi connectivity index (χ3n) is 3.39. The summed E-state index contributed by atoms with van der Waals surface area (Å²) in [5.41, 5.74) is 3.82. The van der Waals surface area contributed by atoms with Crippen LogP contribution in [0, 0.1) is 13.8 Å². The van der Waals surface area contributed by atoms with E-state index in [-0.39, 0.29) is 12.1 Å². The lowest BCUT2D eigenvalue weighted by atomic mass is 10.0. The highest BCUT2D eigenvalue weighted by Crippen LogP contribution is 2.25. The van der Waals surface area contributed by atoms with Crippen molar-refractivity contribution in [2.45, 2.75) is 66.0 Å². The van der Waals surface area contributed by atoms with Gasteiger partial charge in [0.15, 0.2) is 0 Å². The Hall–Kier alpha value is -1.06. The molecule has 0 saturated carbocycles. The van der Waals surface area contributed by atoms with Crippen LogP contribution in [0.25, 0.3) is 0 Å². The number of aryl methyl sites for hydroxylation is 2. The molecule has 0 atom stereocenters. The van der Waals surface area contributed by atoms with E-state index in [1.807, 2.05) is 0 Å². The number of benzene rings is 1. The van der Waals surface area contributed by atoms with Gasteiger partial charge in [-0.1, -0.05) is 12.1 Å². The van der Waals surface area contributed by atoms with Crippen molar-refractivity contribution < 1.29 is 9.84 Å². The van der Waals surface area contributed by atoms with Gasteiger partial charge in [0.1, 0.15) is 5.75 Å². The molecule has 0 aliphatic rings. The number of ether oxygens (including phenoxy) is 1. The van der Waals surface area contributed by atoms with E-state index in [0.717, 1.165) is 38.2 Å². The molecule has 0 heterocycles. The molecule has 2 N–H and O–H groups in total. The smallest absolute Gasteiger partial charge is 0.125 e. The minimum atomic E-state index is 0.129. The number of nitrogens with one attached hydrogen (secondary N) is 1. The molecule has 1 rings (SSSR count). The van der Waals surface area contributed by atoms with Crippen LogP contribution in [0.3, 0.4) is 0 Å². The fourth-order valence-electron chi connectivity index (χ4n) is 2.30. The molecule has 3 nitrogen and oxygen atoms in total. The first-order chi connectivity index (χ1) is 9.83. The molecular weight excluding hydrogens is 262 g/mol. The normalized spacial score (nSPS) is 11.7. The van der Waals surface area contributed by atoms with Crippen LogP contribution in [0.4, 0.5) is 0 Å². The van der Waals surface area contributed by atoms with Crippen LogP contribution in [-0.2, 0) is 6.54 Å². The van der Waals surface area contributed by atoms with Crippen molar-refractivity contribution in [3.8, 4) is 5.75 Å². The molecule has 0 amide bonds. The van der Waals surface area contributed by atoms with Crippen molar-refractivity contribution in [3.63, 3.8) is 0 Å². The number of hydrogen-bond acceptors (Lipinski definition) is 3. The lowest BCUT2D eigenvalue weighted by Crippen LogP contribution is -2.35. The number of unbranched alkanes of at least 4 members (excludes halogenated alkanes) is 2. The molecule has 0 aliphatic heterocycles. The zero-order valence-electron chi connectivity index (χ0n) is 14.3. The quantitative estimate of drug-likeness (QED) is 0.718. The summed E-state index contributed by atoms with van der Waals surface area (Å²) in [6, 6.07) is 4.41. The highest BCUT2D eigenvalue weighted by Gasteiger charge is 2.11. The second kappa shape index (κ2) is 8.40. The minimum absolute atomic E-state index is 0.129. The highest BCUT2D eigenvalue weighted by atomic mass is 16.5. The Morgan fingerprint density at radius 3 is 2.19 bits per heavy atom. The lowest BCUT2D eigenvalue weighted by Gasteiger charge is -2.21. The van der Waals surface area contributed by atoms with Gasteiger partial charge in [-0.3, -0.25) is 0 Å². The molecule has 1 aromatic carbocycles. The predicted molar refractivity (Wildman–Crippen MR) is 88.9 cm³/mol. The minimum Gasteiger partial charge on any atom is -0.493 e. The second-order valence-electron chi connectivity index (χ2n) is 6.80. The first kappa shape index (κ1) is 18.0. The van der Waals surface area contributed by atoms with Crippen molar-refractivity contribution >= 4 is 0 Å². The molecule has 3 heteroatoms. The summed E-state index contributed by atoms with van der Waals surface area (Å²) < 4.78 is 5.91. The van der Waals surface area contributed by atoms with Gasteiger partial charge in [-0.25, -0.2) is 0 Å². The van der Waals surface area contributed by atoms with E-state index in [1.165, 1.54) is 16.7 Å². The van der Waals surface area contributed by atoms with Gasteiger partial charge in [-0.2, -0.15) is 0 Å². The maximum Gasteiger partial charge on any atom is 0.125 e. The van der Waals surface area contributed by atoms with Gasteiger partial charge in [0.25, 0.3) is 0 Å². The third-order valence-corrected chi connectivity index (χ3v) is 3.39. The highest BCUT2D eigenvalue weighted by molar-refractivity contribution is 5.43. The fourth-order valence-corrected chi connectivity index (χ4v) is 2.30. The van der Waals surface area contributed by atoms with Crippen molar-refractivity contribution in [2.75, 3.05) is 13.2 Å². The summed E-state index contributed by atoms with van der Waals surface area (Å²) in [4.78, 5) is 0. The van der Waals surface area contributed by atoms with Gasteiger partial charge in [0.2, 0.25) is 0 Å². The van der Waals surface area contributed by atoms with Crippen LogP contribution in [0.2, 0.25) is 0 Å². The monoisotopic (exact) mass is 293 g/mol. The Labute approximate surface area is 129 Å². The first-order valence-corrected chi connectivity index (χ1v) is 7.92. The lowest BCUT2D eigenvalue weighted by molar-refractivity contribution is 0.265. The summed E-state index contributed by atoms with van der Waals surface area (Å²) in [5, 5.41) is 12.3. The third kappa shape index (κ3) is 6.96. The van der Waals surface area contributed by atoms with E-state index in [1.54, 1.807) is 0 Å². The second-order valence-corrected chi connectivity index (χ2v) is 6.80. The van der Waals surface area contributed by atoms with Crippen LogP contribution >= 0.6 is 0 Å². The Balaban J connectivity index is 2.58. The Bertz CT molecular complexity index is 412. The maximum absolute atomic E-state index is 8.76. The number of hydrogen-bond donors (Lipinski definition) is 2. The van der Waals surface area contributed by atoms with Crippen LogP contribution < -0.4 is 10.1 Å². The molecule has 21 heavy (non-hydrogen) atoms. The zero-order valence-corrected chi connectivity index (χ0v) is 14.3. The van der Waals surface area contributed by atoms with Gasteiger partial charge < -0.3 is 15.2 Å². The van der Waals surface area contributed by atoms with Crippen molar-refractivity contribution in [1.82, 2.24) is 5.32 Å². The molecule has 0 aliphatic carbocycles. The van der Waals surface area contributed by atoms with Gasteiger partial charge >= 0.3 is 0 Å². The summed E-state index contributed by atoms with van der Waals surface area (Å²) >= 11 is 0. The van der Waals surface area contributed by atoms with Crippen molar-refractivity contribution in [1.29, 1.82) is 0 Å². The standard InChI is InChI=1S/C18H31NO2/c1-14-11-16(13-19-18(3,4)5)12-15(2)17(14)21-10-8-6-7-9-20/h11-12,19-20H,6-10,13H2,1-5H3. The molecular formula is C18H31NO2. The van der Waals surface area contributed by atoms with E-state index < -0.39 is 0 Å². The molecule has 0 saturated heterocycles. The van der Waals surface area contributed by atoms with E-state index in [0.29, 0.717) is 0 Å². The molecule has 0 radical (unpaired) electrons. The van der Waals surface area contributed by atoms with Crippen LogP contribution in [-0.4, -0.2) is 23.9 Å². The Kier molecular flexibility index (Phi) is 7.20. The average Bonchev–Trinajstić information content (AvgIpc) is 2.38. The molecule has 1 aromatic rings. The molecule has 120 valence electrons. The predicted octanol–water partition coefficient (Wildman–Crippen LogP) is 3.73. The Morgan fingerprint density at radius 1 is 1.05 bits per heavy atom. The molecule has 0 fully saturated rings. The van der Waals surface area contributed by atoms with E-state index >= 15 is 0 Å². The maximum atomic E-state index is 8.76. The van der Waals surface area contributed by atoms with Gasteiger partial charge in [-0.05, 0) is 70.6 Å². The van der Waals surface area contributed by atoms with Crippen LogP contribution in [0.1, 0.15) is 56.7 Å². The topological polar surface area (TPSA) is 41.5 Å². The number of rotatable bonds is 8. The summed E-state index contributed by atoms with van der Waals surface area (Å²) in [7, 11) is 0. The van der Waals surface area contributed by atoms with Crippen LogP contribution in [0.15, 0.2) is 12.1 Å². The van der Waals surface area contributed by atoms with Crippen molar-refractivity contribution in [3.05, 3.63) is 28.8 Å². The Morgan fingerprint density at radius 2 is 1.67 bits per heavy atom. The zero-order chi connectivity index (χ0) is 15.9. The summed E-state index contributed by atoms with van der Waals surface area (Å²) in [5.74, 6) is 1.01. The van der Waals surface area contributed by atoms with E-state index in [2.05, 4.69) is 52.1 Å². The molecule has 0 unspecified atom stereocenters. The number of aliphatic hydroxyl groups excluding tert-OH is 1. The van der Waals surface area contributed by atoms with Crippen molar-refractivity contribution in [2.24, 2.45) is 0 Å². The number of aliphatic hydroxyl groups is 1. The van der Waals surface area contributed by atoms with Gasteiger partial charge in [-0.15, -0.1) is 0 Å². The van der Waals surface area contributed by atoms with Gasteiger partial charge in [0, 0.05) is 18.7 Å². The summed E-state index contributed by atoms with van der Waals surface area (Å²) in [6.07, 6.45) is 2.87. The molecule has 0 spiro atoms. The largest absolute Gasteiger partial charge is 0.493 e. The summed E-state index contributed by atoms with van der Waals surface area (Å²) in [6.45, 7) is 12.6. The first-order valence-electron chi connectivity index (χ1n) is 7.92. The average molecular weight is 293 g/mol. The van der Waals surface area contributed by atoms with Crippen LogP contribution in [0.5, 0.6) is 5.75 Å². The van der Waals surface area contributed by atoms with E-state index in [9.17, 15) is 0 Å². The molecule has 0 aromatic heterocycles. The fraction of sp³-hybridized carbons (Fsp3) is 0.667. The SMILES string of the molecule is Cc1cc(CNC(C)(C)C)cc(C)c1OCCCCCO. The van der Waals surface area contributed by atoms with E-state index in [4.69, 9.17) is 9.84 Å².